The first-order chi connectivity index (χ1) is 16.1. The fourth-order valence-corrected chi connectivity index (χ4v) is 5.34. The van der Waals surface area contributed by atoms with Gasteiger partial charge in [0.1, 0.15) is 5.69 Å². The van der Waals surface area contributed by atoms with Gasteiger partial charge in [0.2, 0.25) is 10.0 Å². The van der Waals surface area contributed by atoms with Crippen molar-refractivity contribution < 1.29 is 18.1 Å². The number of hydrogen-bond donors (Lipinski definition) is 1. The molecule has 1 N–H and O–H groups in total. The zero-order valence-corrected chi connectivity index (χ0v) is 20.7. The molecule has 3 rings (SSSR count). The van der Waals surface area contributed by atoms with Gasteiger partial charge in [0.25, 0.3) is 11.6 Å². The number of carbonyl (C=O) groups excluding carboxylic acids is 1. The van der Waals surface area contributed by atoms with Gasteiger partial charge in [-0.3, -0.25) is 14.9 Å². The quantitative estimate of drug-likeness (QED) is 0.439. The Bertz CT molecular complexity index is 1120. The van der Waals surface area contributed by atoms with Crippen molar-refractivity contribution in [2.45, 2.75) is 57.0 Å². The Morgan fingerprint density at radius 3 is 2.26 bits per heavy atom. The molecule has 1 aliphatic heterocycles. The van der Waals surface area contributed by atoms with Crippen molar-refractivity contribution in [3.05, 3.63) is 63.7 Å². The fraction of sp³-hybridized carbons (Fsp3) is 0.458. The van der Waals surface area contributed by atoms with Gasteiger partial charge in [-0.15, -0.1) is 0 Å². The average molecular weight is 489 g/mol. The molecule has 1 heterocycles. The van der Waals surface area contributed by atoms with Crippen LogP contribution in [0.15, 0.2) is 47.4 Å². The molecule has 1 fully saturated rings. The summed E-state index contributed by atoms with van der Waals surface area (Å²) in [6, 6.07) is 11.1. The average Bonchev–Trinajstić information content (AvgIpc) is 3.12. The van der Waals surface area contributed by atoms with Crippen molar-refractivity contribution in [1.82, 2.24) is 9.21 Å². The summed E-state index contributed by atoms with van der Waals surface area (Å²) in [5.74, 6) is -0.0775. The molecule has 0 aromatic heterocycles. The van der Waals surface area contributed by atoms with Crippen molar-refractivity contribution >= 4 is 27.3 Å². The Morgan fingerprint density at radius 1 is 1.09 bits per heavy atom. The third kappa shape index (κ3) is 5.92. The summed E-state index contributed by atoms with van der Waals surface area (Å²) >= 11 is 0. The summed E-state index contributed by atoms with van der Waals surface area (Å²) in [5.41, 5.74) is 1.34. The second kappa shape index (κ2) is 11.0. The van der Waals surface area contributed by atoms with Crippen molar-refractivity contribution in [3.63, 3.8) is 0 Å². The largest absolute Gasteiger partial charge is 0.375 e. The van der Waals surface area contributed by atoms with E-state index in [4.69, 9.17) is 0 Å². The highest BCUT2D eigenvalue weighted by atomic mass is 32.2. The van der Waals surface area contributed by atoms with E-state index in [0.717, 1.165) is 37.3 Å². The highest BCUT2D eigenvalue weighted by molar-refractivity contribution is 7.89. The number of amides is 1. The number of hydrogen-bond acceptors (Lipinski definition) is 6. The van der Waals surface area contributed by atoms with Crippen LogP contribution in [0.25, 0.3) is 0 Å². The number of nitro groups is 1. The van der Waals surface area contributed by atoms with Gasteiger partial charge in [0, 0.05) is 44.4 Å². The Morgan fingerprint density at radius 2 is 1.71 bits per heavy atom. The summed E-state index contributed by atoms with van der Waals surface area (Å²) in [5, 5.41) is 14.7. The number of nitro benzene ring substituents is 1. The van der Waals surface area contributed by atoms with Crippen LogP contribution >= 0.6 is 0 Å². The van der Waals surface area contributed by atoms with Gasteiger partial charge in [-0.2, -0.15) is 4.31 Å². The van der Waals surface area contributed by atoms with Crippen molar-refractivity contribution in [2.75, 3.05) is 25.5 Å². The molecule has 0 atom stereocenters. The number of rotatable bonds is 8. The minimum atomic E-state index is -3.79. The maximum atomic E-state index is 13.0. The first-order valence-corrected chi connectivity index (χ1v) is 12.9. The number of benzene rings is 2. The van der Waals surface area contributed by atoms with Gasteiger partial charge in [-0.05, 0) is 56.5 Å². The van der Waals surface area contributed by atoms with Crippen molar-refractivity contribution in [2.24, 2.45) is 0 Å². The van der Waals surface area contributed by atoms with Crippen LogP contribution in [0.5, 0.6) is 0 Å². The zero-order valence-electron chi connectivity index (χ0n) is 19.9. The summed E-state index contributed by atoms with van der Waals surface area (Å²) in [7, 11) is -2.04. The lowest BCUT2D eigenvalue weighted by Crippen LogP contribution is -2.32. The Kier molecular flexibility index (Phi) is 8.27. The SMILES string of the molecule is CC(C)N(C)C(=O)c1ccc(CNc2ccc(S(=O)(=O)N3CCCCCC3)cc2[N+](=O)[O-])cc1. The minimum Gasteiger partial charge on any atom is -0.375 e. The Balaban J connectivity index is 1.75. The van der Waals surface area contributed by atoms with E-state index in [2.05, 4.69) is 5.32 Å². The van der Waals surface area contributed by atoms with E-state index >= 15 is 0 Å². The predicted molar refractivity (Wildman–Crippen MR) is 131 cm³/mol. The number of carbonyl (C=O) groups is 1. The molecule has 0 bridgehead atoms. The molecule has 0 spiro atoms. The van der Waals surface area contributed by atoms with E-state index in [1.165, 1.54) is 16.4 Å². The van der Waals surface area contributed by atoms with E-state index in [-0.39, 0.29) is 34.8 Å². The molecule has 2 aromatic carbocycles. The van der Waals surface area contributed by atoms with E-state index in [1.54, 1.807) is 36.2 Å². The monoisotopic (exact) mass is 488 g/mol. The predicted octanol–water partition coefficient (Wildman–Crippen LogP) is 4.25. The molecule has 0 aliphatic carbocycles. The molecular formula is C24H32N4O5S. The topological polar surface area (TPSA) is 113 Å². The number of sulfonamides is 1. The van der Waals surface area contributed by atoms with Crippen molar-refractivity contribution in [3.8, 4) is 0 Å². The number of anilines is 1. The molecule has 0 saturated carbocycles. The lowest BCUT2D eigenvalue weighted by molar-refractivity contribution is -0.384. The summed E-state index contributed by atoms with van der Waals surface area (Å²) in [4.78, 5) is 25.1. The van der Waals surface area contributed by atoms with Gasteiger partial charge in [0.05, 0.1) is 9.82 Å². The molecule has 1 saturated heterocycles. The van der Waals surface area contributed by atoms with Gasteiger partial charge in [-0.1, -0.05) is 25.0 Å². The maximum absolute atomic E-state index is 13.0. The van der Waals surface area contributed by atoms with Gasteiger partial charge in [0.15, 0.2) is 0 Å². The second-order valence-electron chi connectivity index (χ2n) is 8.81. The normalized spacial score (nSPS) is 15.1. The van der Waals surface area contributed by atoms with Crippen molar-refractivity contribution in [1.29, 1.82) is 0 Å². The molecule has 34 heavy (non-hydrogen) atoms. The third-order valence-electron chi connectivity index (χ3n) is 6.15. The first kappa shape index (κ1) is 25.6. The smallest absolute Gasteiger partial charge is 0.293 e. The zero-order chi connectivity index (χ0) is 24.9. The number of nitrogens with zero attached hydrogens (tertiary/aromatic N) is 3. The van der Waals surface area contributed by atoms with Crippen LogP contribution in [-0.4, -0.2) is 54.6 Å². The van der Waals surface area contributed by atoms with Crippen LogP contribution in [0.3, 0.4) is 0 Å². The highest BCUT2D eigenvalue weighted by Crippen LogP contribution is 2.30. The summed E-state index contributed by atoms with van der Waals surface area (Å²) in [6.45, 7) is 5.03. The number of nitrogens with one attached hydrogen (secondary N) is 1. The highest BCUT2D eigenvalue weighted by Gasteiger charge is 2.28. The minimum absolute atomic E-state index is 0.0659. The summed E-state index contributed by atoms with van der Waals surface area (Å²) in [6.07, 6.45) is 3.55. The molecule has 0 unspecified atom stereocenters. The van der Waals surface area contributed by atoms with E-state index in [0.29, 0.717) is 18.7 Å². The molecule has 0 radical (unpaired) electrons. The van der Waals surface area contributed by atoms with Crippen LogP contribution in [0.1, 0.15) is 55.5 Å². The maximum Gasteiger partial charge on any atom is 0.293 e. The summed E-state index contributed by atoms with van der Waals surface area (Å²) < 4.78 is 27.5. The molecule has 2 aromatic rings. The van der Waals surface area contributed by atoms with E-state index in [9.17, 15) is 23.3 Å². The van der Waals surface area contributed by atoms with Crippen LogP contribution in [0.4, 0.5) is 11.4 Å². The van der Waals surface area contributed by atoms with Crippen LogP contribution in [0.2, 0.25) is 0 Å². The molecule has 10 heteroatoms. The Labute approximate surface area is 201 Å². The molecule has 184 valence electrons. The molecule has 1 aliphatic rings. The lowest BCUT2D eigenvalue weighted by atomic mass is 10.1. The van der Waals surface area contributed by atoms with Crippen LogP contribution < -0.4 is 5.32 Å². The van der Waals surface area contributed by atoms with E-state index in [1.807, 2.05) is 13.8 Å². The van der Waals surface area contributed by atoms with Crippen LogP contribution in [-0.2, 0) is 16.6 Å². The third-order valence-corrected chi connectivity index (χ3v) is 8.04. The fourth-order valence-electron chi connectivity index (χ4n) is 3.80. The van der Waals surface area contributed by atoms with Gasteiger partial charge >= 0.3 is 0 Å². The van der Waals surface area contributed by atoms with E-state index < -0.39 is 14.9 Å². The molecule has 9 nitrogen and oxygen atoms in total. The van der Waals surface area contributed by atoms with Crippen LogP contribution in [0, 0.1) is 10.1 Å². The lowest BCUT2D eigenvalue weighted by Gasteiger charge is -2.21. The van der Waals surface area contributed by atoms with Gasteiger partial charge in [-0.25, -0.2) is 8.42 Å². The first-order valence-electron chi connectivity index (χ1n) is 11.5. The van der Waals surface area contributed by atoms with Gasteiger partial charge < -0.3 is 10.2 Å². The standard InChI is InChI=1S/C24H32N4O5S/c1-18(2)26(3)24(29)20-10-8-19(9-11-20)17-25-22-13-12-21(16-23(22)28(30)31)34(32,33)27-14-6-4-5-7-15-27/h8-13,16,18,25H,4-7,14-15,17H2,1-3H3. The molecule has 1 amide bonds. The second-order valence-corrected chi connectivity index (χ2v) is 10.8. The Hall–Kier alpha value is -2.98. The molecular weight excluding hydrogens is 456 g/mol.